The van der Waals surface area contributed by atoms with E-state index in [1.165, 1.54) is 4.52 Å². The largest absolute Gasteiger partial charge is 0.461 e. The SMILES string of the molecule is CCOC(=O)c1cc2nc3c(c(Cl)n2n1)CSC3. The second-order valence-electron chi connectivity index (χ2n) is 3.84. The quantitative estimate of drug-likeness (QED) is 0.625. The second-order valence-corrected chi connectivity index (χ2v) is 5.18. The molecular weight excluding hydrogens is 274 g/mol. The lowest BCUT2D eigenvalue weighted by Crippen LogP contribution is -2.06. The number of hydrogen-bond donors (Lipinski definition) is 0. The molecule has 0 fully saturated rings. The molecule has 94 valence electrons. The van der Waals surface area contributed by atoms with Gasteiger partial charge in [-0.25, -0.2) is 14.3 Å². The summed E-state index contributed by atoms with van der Waals surface area (Å²) in [6.45, 7) is 2.08. The number of halogens is 1. The van der Waals surface area contributed by atoms with Gasteiger partial charge in [-0.05, 0) is 6.92 Å². The van der Waals surface area contributed by atoms with Crippen LogP contribution < -0.4 is 0 Å². The van der Waals surface area contributed by atoms with Gasteiger partial charge in [-0.15, -0.1) is 0 Å². The van der Waals surface area contributed by atoms with Crippen LogP contribution in [-0.2, 0) is 16.2 Å². The zero-order valence-corrected chi connectivity index (χ0v) is 11.2. The number of thioether (sulfide) groups is 1. The first-order valence-corrected chi connectivity index (χ1v) is 7.06. The van der Waals surface area contributed by atoms with E-state index < -0.39 is 5.97 Å². The number of aromatic nitrogens is 3. The van der Waals surface area contributed by atoms with E-state index in [4.69, 9.17) is 16.3 Å². The second kappa shape index (κ2) is 4.44. The molecule has 0 aliphatic carbocycles. The molecule has 5 nitrogen and oxygen atoms in total. The van der Waals surface area contributed by atoms with Crippen molar-refractivity contribution < 1.29 is 9.53 Å². The van der Waals surface area contributed by atoms with Crippen LogP contribution in [0.25, 0.3) is 5.65 Å². The maximum atomic E-state index is 11.6. The molecule has 0 unspecified atom stereocenters. The molecule has 1 aliphatic rings. The van der Waals surface area contributed by atoms with Crippen molar-refractivity contribution in [3.05, 3.63) is 28.2 Å². The maximum Gasteiger partial charge on any atom is 0.358 e. The fraction of sp³-hybridized carbons (Fsp3) is 0.364. The third-order valence-electron chi connectivity index (χ3n) is 2.69. The van der Waals surface area contributed by atoms with Crippen molar-refractivity contribution >= 4 is 35.0 Å². The average molecular weight is 284 g/mol. The highest BCUT2D eigenvalue weighted by Crippen LogP contribution is 2.33. The van der Waals surface area contributed by atoms with Crippen molar-refractivity contribution in [3.63, 3.8) is 0 Å². The Hall–Kier alpha value is -1.27. The third-order valence-corrected chi connectivity index (χ3v) is 4.05. The zero-order valence-electron chi connectivity index (χ0n) is 9.64. The maximum absolute atomic E-state index is 11.6. The van der Waals surface area contributed by atoms with Crippen LogP contribution in [-0.4, -0.2) is 27.2 Å². The van der Waals surface area contributed by atoms with Gasteiger partial charge in [0.25, 0.3) is 0 Å². The predicted octanol–water partition coefficient (Wildman–Crippen LogP) is 2.31. The van der Waals surface area contributed by atoms with Gasteiger partial charge in [-0.3, -0.25) is 0 Å². The Bertz CT molecular complexity index is 641. The van der Waals surface area contributed by atoms with Gasteiger partial charge in [-0.2, -0.15) is 16.9 Å². The van der Waals surface area contributed by atoms with E-state index in [9.17, 15) is 4.79 Å². The number of hydrogen-bond acceptors (Lipinski definition) is 5. The van der Waals surface area contributed by atoms with Gasteiger partial charge in [0.1, 0.15) is 5.15 Å². The molecule has 7 heteroatoms. The molecule has 3 rings (SSSR count). The molecule has 2 aromatic rings. The van der Waals surface area contributed by atoms with Gasteiger partial charge in [0.2, 0.25) is 0 Å². The summed E-state index contributed by atoms with van der Waals surface area (Å²) in [5.41, 5.74) is 2.81. The number of rotatable bonds is 2. The van der Waals surface area contributed by atoms with Crippen molar-refractivity contribution in [1.29, 1.82) is 0 Å². The zero-order chi connectivity index (χ0) is 12.7. The van der Waals surface area contributed by atoms with E-state index >= 15 is 0 Å². The molecule has 0 bridgehead atoms. The summed E-state index contributed by atoms with van der Waals surface area (Å²) in [7, 11) is 0. The van der Waals surface area contributed by atoms with E-state index in [-0.39, 0.29) is 5.69 Å². The van der Waals surface area contributed by atoms with Crippen LogP contribution in [0.15, 0.2) is 6.07 Å². The Morgan fingerprint density at radius 2 is 2.44 bits per heavy atom. The van der Waals surface area contributed by atoms with E-state index in [1.54, 1.807) is 24.8 Å². The first-order chi connectivity index (χ1) is 8.70. The Labute approximate surface area is 112 Å². The normalized spacial score (nSPS) is 13.9. The van der Waals surface area contributed by atoms with Crippen molar-refractivity contribution in [3.8, 4) is 0 Å². The molecule has 0 radical (unpaired) electrons. The lowest BCUT2D eigenvalue weighted by molar-refractivity contribution is 0.0519. The Morgan fingerprint density at radius 1 is 1.61 bits per heavy atom. The monoisotopic (exact) mass is 283 g/mol. The summed E-state index contributed by atoms with van der Waals surface area (Å²) < 4.78 is 6.41. The number of fused-ring (bicyclic) bond motifs is 2. The predicted molar refractivity (Wildman–Crippen MR) is 69.0 cm³/mol. The van der Waals surface area contributed by atoms with Crippen LogP contribution in [0.3, 0.4) is 0 Å². The summed E-state index contributed by atoms with van der Waals surface area (Å²) in [4.78, 5) is 16.1. The van der Waals surface area contributed by atoms with Crippen molar-refractivity contribution in [2.75, 3.05) is 6.61 Å². The molecule has 0 N–H and O–H groups in total. The van der Waals surface area contributed by atoms with Crippen molar-refractivity contribution in [2.45, 2.75) is 18.4 Å². The lowest BCUT2D eigenvalue weighted by Gasteiger charge is -2.02. The van der Waals surface area contributed by atoms with Crippen LogP contribution in [0.1, 0.15) is 28.7 Å². The fourth-order valence-electron chi connectivity index (χ4n) is 1.86. The lowest BCUT2D eigenvalue weighted by atomic mass is 10.3. The number of nitrogens with zero attached hydrogens (tertiary/aromatic N) is 3. The molecule has 3 heterocycles. The smallest absolute Gasteiger partial charge is 0.358 e. The first-order valence-electron chi connectivity index (χ1n) is 5.52. The molecule has 0 spiro atoms. The highest BCUT2D eigenvalue weighted by atomic mass is 35.5. The van der Waals surface area contributed by atoms with Gasteiger partial charge in [0.15, 0.2) is 11.3 Å². The Kier molecular flexibility index (Phi) is 2.91. The topological polar surface area (TPSA) is 56.5 Å². The van der Waals surface area contributed by atoms with Crippen molar-refractivity contribution in [1.82, 2.24) is 14.6 Å². The number of carbonyl (C=O) groups excluding carboxylic acids is 1. The summed E-state index contributed by atoms with van der Waals surface area (Å²) in [6.07, 6.45) is 0. The molecule has 0 saturated heterocycles. The molecule has 2 aromatic heterocycles. The fourth-order valence-corrected chi connectivity index (χ4v) is 3.29. The standard InChI is InChI=1S/C11H10ClN3O2S/c1-2-17-11(16)7-3-9-13-8-5-18-4-6(8)10(12)15(9)14-7/h3H,2,4-5H2,1H3. The molecule has 0 amide bonds. The summed E-state index contributed by atoms with van der Waals surface area (Å²) in [6, 6.07) is 1.60. The molecular formula is C11H10ClN3O2S. The molecule has 18 heavy (non-hydrogen) atoms. The minimum Gasteiger partial charge on any atom is -0.461 e. The van der Waals surface area contributed by atoms with Gasteiger partial charge >= 0.3 is 5.97 Å². The number of carbonyl (C=O) groups is 1. The van der Waals surface area contributed by atoms with E-state index in [1.807, 2.05) is 0 Å². The van der Waals surface area contributed by atoms with Crippen LogP contribution in [0.4, 0.5) is 0 Å². The van der Waals surface area contributed by atoms with Crippen molar-refractivity contribution in [2.24, 2.45) is 0 Å². The highest BCUT2D eigenvalue weighted by molar-refractivity contribution is 7.98. The number of ether oxygens (including phenoxy) is 1. The minimum atomic E-state index is -0.450. The van der Waals surface area contributed by atoms with Crippen LogP contribution in [0.5, 0.6) is 0 Å². The van der Waals surface area contributed by atoms with E-state index in [0.29, 0.717) is 17.4 Å². The van der Waals surface area contributed by atoms with Gasteiger partial charge in [0.05, 0.1) is 12.3 Å². The third kappa shape index (κ3) is 1.76. The van der Waals surface area contributed by atoms with Crippen LogP contribution in [0.2, 0.25) is 5.15 Å². The Morgan fingerprint density at radius 3 is 3.22 bits per heavy atom. The highest BCUT2D eigenvalue weighted by Gasteiger charge is 2.22. The van der Waals surface area contributed by atoms with Gasteiger partial charge in [-0.1, -0.05) is 11.6 Å². The summed E-state index contributed by atoms with van der Waals surface area (Å²) in [5.74, 6) is 1.24. The van der Waals surface area contributed by atoms with Gasteiger partial charge < -0.3 is 4.74 Å². The Balaban J connectivity index is 2.13. The van der Waals surface area contributed by atoms with E-state index in [2.05, 4.69) is 10.1 Å². The van der Waals surface area contributed by atoms with Gasteiger partial charge in [0, 0.05) is 23.1 Å². The average Bonchev–Trinajstić information content (AvgIpc) is 2.95. The van der Waals surface area contributed by atoms with Crippen LogP contribution in [0, 0.1) is 0 Å². The van der Waals surface area contributed by atoms with Crippen LogP contribution >= 0.6 is 23.4 Å². The number of esters is 1. The summed E-state index contributed by atoms with van der Waals surface area (Å²) in [5, 5.41) is 4.68. The first kappa shape index (κ1) is 11.8. The minimum absolute atomic E-state index is 0.238. The van der Waals surface area contributed by atoms with E-state index in [0.717, 1.165) is 22.8 Å². The molecule has 1 aliphatic heterocycles. The molecule has 0 atom stereocenters. The molecule has 0 saturated carbocycles. The molecule has 0 aromatic carbocycles. The summed E-state index contributed by atoms with van der Waals surface area (Å²) >= 11 is 8.05.